The molecule has 138 valence electrons. The smallest absolute Gasteiger partial charge is 0.132 e. The van der Waals surface area contributed by atoms with Gasteiger partial charge in [0.1, 0.15) is 11.6 Å². The first-order valence-electron chi connectivity index (χ1n) is 9.68. The monoisotopic (exact) mass is 359 g/mol. The second-order valence-corrected chi connectivity index (χ2v) is 7.65. The van der Waals surface area contributed by atoms with E-state index >= 15 is 0 Å². The molecule has 0 spiro atoms. The molecule has 0 amide bonds. The molecule has 2 fully saturated rings. The van der Waals surface area contributed by atoms with Crippen LogP contribution in [0.5, 0.6) is 0 Å². The summed E-state index contributed by atoms with van der Waals surface area (Å²) >= 11 is 0. The first-order chi connectivity index (χ1) is 13.1. The molecule has 1 aliphatic heterocycles. The van der Waals surface area contributed by atoms with Gasteiger partial charge in [-0.3, -0.25) is 0 Å². The fourth-order valence-electron chi connectivity index (χ4n) is 3.76. The number of pyridine rings is 2. The maximum atomic E-state index is 9.10. The maximum Gasteiger partial charge on any atom is 0.132 e. The number of nitrogens with zero attached hydrogens (tertiary/aromatic N) is 4. The predicted molar refractivity (Wildman–Crippen MR) is 107 cm³/mol. The lowest BCUT2D eigenvalue weighted by molar-refractivity contribution is 0.264. The van der Waals surface area contributed by atoms with Gasteiger partial charge in [0, 0.05) is 36.6 Å². The summed E-state index contributed by atoms with van der Waals surface area (Å²) < 4.78 is 0. The zero-order valence-corrected chi connectivity index (χ0v) is 15.8. The van der Waals surface area contributed by atoms with E-state index < -0.39 is 0 Å². The van der Waals surface area contributed by atoms with Crippen LogP contribution in [-0.2, 0) is 0 Å². The summed E-state index contributed by atoms with van der Waals surface area (Å²) in [5, 5.41) is 12.4. The van der Waals surface area contributed by atoms with Crippen molar-refractivity contribution in [2.45, 2.75) is 44.4 Å². The molecule has 1 saturated heterocycles. The summed E-state index contributed by atoms with van der Waals surface area (Å²) in [6, 6.07) is 10.1. The van der Waals surface area contributed by atoms with Crippen molar-refractivity contribution in [3.63, 3.8) is 0 Å². The number of hydrogen-bond acceptors (Lipinski definition) is 5. The highest BCUT2D eigenvalue weighted by atomic mass is 15.1. The van der Waals surface area contributed by atoms with Gasteiger partial charge in [0.15, 0.2) is 0 Å². The van der Waals surface area contributed by atoms with Gasteiger partial charge in [0.25, 0.3) is 0 Å². The minimum Gasteiger partial charge on any atom is -0.375 e. The van der Waals surface area contributed by atoms with E-state index in [-0.39, 0.29) is 0 Å². The number of aromatic nitrogens is 2. The first kappa shape index (κ1) is 17.5. The van der Waals surface area contributed by atoms with E-state index in [1.807, 2.05) is 0 Å². The molecule has 0 bridgehead atoms. The van der Waals surface area contributed by atoms with E-state index in [1.54, 1.807) is 18.3 Å². The Kier molecular flexibility index (Phi) is 4.81. The van der Waals surface area contributed by atoms with E-state index in [0.29, 0.717) is 23.2 Å². The van der Waals surface area contributed by atoms with Crippen LogP contribution in [0.25, 0.3) is 0 Å². The fraction of sp³-hybridized carbons (Fsp3) is 0.409. The summed E-state index contributed by atoms with van der Waals surface area (Å²) in [7, 11) is 0. The number of rotatable bonds is 5. The molecule has 2 aromatic heterocycles. The minimum atomic E-state index is 0.556. The molecule has 0 radical (unpaired) electrons. The Balaban J connectivity index is 1.57. The molecule has 4 rings (SSSR count). The standard InChI is InChI=1S/C22H25N5/c1-15(2)27-9-6-17(7-10-27)19-12-20(18-3-4-18)25-22(13-19)26-21-11-16(14-23)5-8-24-21/h5,8,11-13,17-18H,1,3-4,6-7,9-10H2,2H3,(H,24,25,26). The Hall–Kier alpha value is -2.87. The molecule has 5 nitrogen and oxygen atoms in total. The third-order valence-electron chi connectivity index (χ3n) is 5.51. The molecular weight excluding hydrogens is 334 g/mol. The van der Waals surface area contributed by atoms with Crippen LogP contribution in [0.1, 0.15) is 61.3 Å². The molecular formula is C22H25N5. The molecule has 27 heavy (non-hydrogen) atoms. The zero-order valence-electron chi connectivity index (χ0n) is 15.8. The third kappa shape index (κ3) is 4.11. The number of anilines is 2. The van der Waals surface area contributed by atoms with Crippen molar-refractivity contribution in [3.8, 4) is 6.07 Å². The van der Waals surface area contributed by atoms with Gasteiger partial charge in [0.2, 0.25) is 0 Å². The van der Waals surface area contributed by atoms with Gasteiger partial charge in [-0.1, -0.05) is 6.58 Å². The van der Waals surface area contributed by atoms with Crippen LogP contribution in [0.15, 0.2) is 42.7 Å². The topological polar surface area (TPSA) is 64.8 Å². The Morgan fingerprint density at radius 2 is 1.93 bits per heavy atom. The second-order valence-electron chi connectivity index (χ2n) is 7.65. The SMILES string of the molecule is C=C(C)N1CCC(c2cc(Nc3cc(C#N)ccn3)nc(C3CC3)c2)CC1. The Morgan fingerprint density at radius 3 is 2.59 bits per heavy atom. The molecule has 0 aromatic carbocycles. The van der Waals surface area contributed by atoms with E-state index in [4.69, 9.17) is 10.2 Å². The lowest BCUT2D eigenvalue weighted by Gasteiger charge is -2.34. The van der Waals surface area contributed by atoms with Crippen LogP contribution in [0.3, 0.4) is 0 Å². The molecule has 2 aromatic rings. The highest BCUT2D eigenvalue weighted by Gasteiger charge is 2.28. The molecule has 2 aliphatic rings. The van der Waals surface area contributed by atoms with E-state index in [9.17, 15) is 0 Å². The highest BCUT2D eigenvalue weighted by molar-refractivity contribution is 5.55. The highest BCUT2D eigenvalue weighted by Crippen LogP contribution is 2.41. The minimum absolute atomic E-state index is 0.556. The van der Waals surface area contributed by atoms with Crippen LogP contribution in [-0.4, -0.2) is 28.0 Å². The lowest BCUT2D eigenvalue weighted by Crippen LogP contribution is -2.31. The summed E-state index contributed by atoms with van der Waals surface area (Å²) in [5.41, 5.74) is 4.31. The van der Waals surface area contributed by atoms with Crippen LogP contribution in [0, 0.1) is 11.3 Å². The van der Waals surface area contributed by atoms with Gasteiger partial charge in [-0.15, -0.1) is 0 Å². The summed E-state index contributed by atoms with van der Waals surface area (Å²) in [6.07, 6.45) is 6.39. The molecule has 1 N–H and O–H groups in total. The van der Waals surface area contributed by atoms with Crippen molar-refractivity contribution < 1.29 is 0 Å². The Bertz CT molecular complexity index is 886. The average Bonchev–Trinajstić information content (AvgIpc) is 3.53. The van der Waals surface area contributed by atoms with Crippen LogP contribution >= 0.6 is 0 Å². The van der Waals surface area contributed by atoms with E-state index in [2.05, 4.69) is 46.9 Å². The third-order valence-corrected chi connectivity index (χ3v) is 5.51. The quantitative estimate of drug-likeness (QED) is 0.839. The van der Waals surface area contributed by atoms with Gasteiger partial charge in [-0.25, -0.2) is 9.97 Å². The Labute approximate surface area is 160 Å². The van der Waals surface area contributed by atoms with Crippen molar-refractivity contribution in [1.82, 2.24) is 14.9 Å². The number of allylic oxidation sites excluding steroid dienone is 1. The number of hydrogen-bond donors (Lipinski definition) is 1. The van der Waals surface area contributed by atoms with Crippen molar-refractivity contribution >= 4 is 11.6 Å². The first-order valence-corrected chi connectivity index (χ1v) is 9.68. The van der Waals surface area contributed by atoms with Crippen molar-refractivity contribution in [2.75, 3.05) is 18.4 Å². The Morgan fingerprint density at radius 1 is 1.15 bits per heavy atom. The molecule has 0 atom stereocenters. The zero-order chi connectivity index (χ0) is 18.8. The predicted octanol–water partition coefficient (Wildman–Crippen LogP) is 4.68. The average molecular weight is 359 g/mol. The van der Waals surface area contributed by atoms with Gasteiger partial charge >= 0.3 is 0 Å². The van der Waals surface area contributed by atoms with Crippen molar-refractivity contribution in [2.24, 2.45) is 0 Å². The van der Waals surface area contributed by atoms with Crippen LogP contribution in [0.4, 0.5) is 11.6 Å². The number of nitrogens with one attached hydrogen (secondary N) is 1. The second kappa shape index (κ2) is 7.40. The maximum absolute atomic E-state index is 9.10. The van der Waals surface area contributed by atoms with Gasteiger partial charge < -0.3 is 10.2 Å². The molecule has 5 heteroatoms. The summed E-state index contributed by atoms with van der Waals surface area (Å²) in [4.78, 5) is 11.5. The number of nitriles is 1. The van der Waals surface area contributed by atoms with Crippen molar-refractivity contribution in [3.05, 3.63) is 59.6 Å². The lowest BCUT2D eigenvalue weighted by atomic mass is 9.89. The molecule has 3 heterocycles. The van der Waals surface area contributed by atoms with Gasteiger partial charge in [-0.2, -0.15) is 5.26 Å². The number of likely N-dealkylation sites (tertiary alicyclic amines) is 1. The largest absolute Gasteiger partial charge is 0.375 e. The van der Waals surface area contributed by atoms with E-state index in [1.165, 1.54) is 24.1 Å². The summed E-state index contributed by atoms with van der Waals surface area (Å²) in [6.45, 7) is 8.29. The normalized spacial score (nSPS) is 17.4. The van der Waals surface area contributed by atoms with Gasteiger partial charge in [-0.05, 0) is 68.4 Å². The van der Waals surface area contributed by atoms with E-state index in [0.717, 1.165) is 37.4 Å². The molecule has 1 saturated carbocycles. The van der Waals surface area contributed by atoms with Crippen molar-refractivity contribution in [1.29, 1.82) is 5.26 Å². The number of piperidine rings is 1. The van der Waals surface area contributed by atoms with Crippen LogP contribution < -0.4 is 5.32 Å². The molecule has 0 unspecified atom stereocenters. The summed E-state index contributed by atoms with van der Waals surface area (Å²) in [5.74, 6) is 2.65. The molecule has 1 aliphatic carbocycles. The van der Waals surface area contributed by atoms with Crippen LogP contribution in [0.2, 0.25) is 0 Å². The fourth-order valence-corrected chi connectivity index (χ4v) is 3.76. The van der Waals surface area contributed by atoms with Gasteiger partial charge in [0.05, 0.1) is 11.6 Å².